The minimum atomic E-state index is -5.58. The fourth-order valence-corrected chi connectivity index (χ4v) is 8.99. The van der Waals surface area contributed by atoms with Crippen molar-refractivity contribution in [2.24, 2.45) is 11.3 Å². The largest absolute Gasteiger partial charge is 0.481 e. The quantitative estimate of drug-likeness (QED) is 0.0471. The topological polar surface area (TPSA) is 384 Å². The zero-order valence-electron chi connectivity index (χ0n) is 32.5. The molecule has 3 rings (SSSR count). The van der Waals surface area contributed by atoms with Crippen molar-refractivity contribution in [2.45, 2.75) is 96.5 Å². The molecule has 1 saturated heterocycles. The fraction of sp³-hybridized carbons (Fsp3) is 0.733. The molecule has 1 fully saturated rings. The van der Waals surface area contributed by atoms with E-state index in [4.69, 9.17) is 19.5 Å². The Morgan fingerprint density at radius 1 is 1.05 bits per heavy atom. The van der Waals surface area contributed by atoms with Gasteiger partial charge in [0.05, 0.1) is 25.6 Å². The molecule has 9 atom stereocenters. The molecule has 0 bridgehead atoms. The van der Waals surface area contributed by atoms with Crippen molar-refractivity contribution >= 4 is 69.1 Å². The molecule has 59 heavy (non-hydrogen) atoms. The van der Waals surface area contributed by atoms with Crippen molar-refractivity contribution in [1.82, 2.24) is 30.2 Å². The van der Waals surface area contributed by atoms with E-state index in [2.05, 4.69) is 34.4 Å². The molecule has 1 aliphatic heterocycles. The summed E-state index contributed by atoms with van der Waals surface area (Å²) < 4.78 is 62.2. The number of aliphatic hydroxyl groups is 3. The number of hydrogen-bond acceptors (Lipinski definition) is 19. The smallest absolute Gasteiger partial charge is 0.392 e. The lowest BCUT2D eigenvalue weighted by molar-refractivity contribution is -0.137. The summed E-state index contributed by atoms with van der Waals surface area (Å²) in [5.41, 5.74) is 4.24. The Bertz CT molecular complexity index is 1890. The van der Waals surface area contributed by atoms with E-state index in [0.717, 1.165) is 48.2 Å². The van der Waals surface area contributed by atoms with Crippen molar-refractivity contribution in [2.75, 3.05) is 37.8 Å². The van der Waals surface area contributed by atoms with Crippen LogP contribution in [0.2, 0.25) is 0 Å². The van der Waals surface area contributed by atoms with Crippen LogP contribution in [0.4, 0.5) is 5.82 Å². The number of phosphoric ester groups is 3. The number of aromatic nitrogens is 4. The van der Waals surface area contributed by atoms with Crippen molar-refractivity contribution in [3.05, 3.63) is 12.7 Å². The van der Waals surface area contributed by atoms with Gasteiger partial charge in [-0.1, -0.05) is 52.3 Å². The summed E-state index contributed by atoms with van der Waals surface area (Å²) in [6.07, 6.45) is -4.96. The van der Waals surface area contributed by atoms with Gasteiger partial charge < -0.3 is 56.0 Å². The molecule has 2 aromatic heterocycles. The van der Waals surface area contributed by atoms with Crippen LogP contribution in [-0.4, -0.2) is 134 Å². The van der Waals surface area contributed by atoms with Gasteiger partial charge in [0.1, 0.15) is 36.3 Å². The predicted octanol–water partition coefficient (Wildman–Crippen LogP) is 0.242. The van der Waals surface area contributed by atoms with Crippen LogP contribution < -0.4 is 16.4 Å². The molecule has 0 saturated carbocycles. The lowest BCUT2D eigenvalue weighted by Crippen LogP contribution is -2.46. The number of phosphoric acid groups is 3. The highest BCUT2D eigenvalue weighted by Gasteiger charge is 2.50. The lowest BCUT2D eigenvalue weighted by Gasteiger charge is -2.30. The van der Waals surface area contributed by atoms with E-state index < -0.39 is 90.7 Å². The molecule has 25 nitrogen and oxygen atoms in total. The summed E-state index contributed by atoms with van der Waals surface area (Å²) in [4.78, 5) is 87.9. The summed E-state index contributed by atoms with van der Waals surface area (Å²) in [5, 5.41) is 36.4. The van der Waals surface area contributed by atoms with Gasteiger partial charge in [0.2, 0.25) is 11.8 Å². The molecular weight excluding hydrogens is 871 g/mol. The highest BCUT2D eigenvalue weighted by molar-refractivity contribution is 8.13. The monoisotopic (exact) mass is 923 g/mol. The molecule has 2 aromatic rings. The molecule has 2 amide bonds. The zero-order chi connectivity index (χ0) is 44.3. The van der Waals surface area contributed by atoms with Crippen LogP contribution in [0.15, 0.2) is 12.7 Å². The van der Waals surface area contributed by atoms with E-state index in [1.807, 2.05) is 13.8 Å². The van der Waals surface area contributed by atoms with Gasteiger partial charge in [-0.2, -0.15) is 4.31 Å². The molecule has 0 spiro atoms. The van der Waals surface area contributed by atoms with E-state index in [-0.39, 0.29) is 59.7 Å². The number of hydrogen-bond donors (Lipinski definition) is 10. The second kappa shape index (κ2) is 22.0. The first-order valence-corrected chi connectivity index (χ1v) is 23.6. The summed E-state index contributed by atoms with van der Waals surface area (Å²) in [6.45, 7) is 4.31. The average molecular weight is 924 g/mol. The predicted molar refractivity (Wildman–Crippen MR) is 206 cm³/mol. The number of rotatable bonds is 25. The van der Waals surface area contributed by atoms with Gasteiger partial charge in [-0.25, -0.2) is 28.6 Å². The Morgan fingerprint density at radius 2 is 1.73 bits per heavy atom. The number of thioether (sulfide) groups is 1. The Kier molecular flexibility index (Phi) is 19.0. The Hall–Kier alpha value is -2.48. The van der Waals surface area contributed by atoms with E-state index >= 15 is 0 Å². The number of aliphatic hydroxyl groups excluding tert-OH is 3. The maximum absolute atomic E-state index is 12.7. The average Bonchev–Trinajstić information content (AvgIpc) is 3.70. The van der Waals surface area contributed by atoms with E-state index in [1.165, 1.54) is 13.8 Å². The fourth-order valence-electron chi connectivity index (χ4n) is 5.44. The van der Waals surface area contributed by atoms with Crippen LogP contribution in [-0.2, 0) is 50.7 Å². The molecule has 0 radical (unpaired) electrons. The van der Waals surface area contributed by atoms with Crippen molar-refractivity contribution in [3.63, 3.8) is 0 Å². The molecule has 336 valence electrons. The van der Waals surface area contributed by atoms with E-state index in [1.54, 1.807) is 0 Å². The molecule has 0 aromatic carbocycles. The summed E-state index contributed by atoms with van der Waals surface area (Å²) in [6, 6.07) is 0. The lowest BCUT2D eigenvalue weighted by atomic mass is 9.87. The number of unbranched alkanes of at least 4 members (excludes halogenated alkanes) is 1. The van der Waals surface area contributed by atoms with Gasteiger partial charge in [0, 0.05) is 37.1 Å². The van der Waals surface area contributed by atoms with Crippen LogP contribution >= 0.6 is 35.2 Å². The molecular formula is C30H52N7O18P3S. The summed E-state index contributed by atoms with van der Waals surface area (Å²) >= 11 is 0.980. The van der Waals surface area contributed by atoms with Crippen LogP contribution in [0.1, 0.15) is 66.0 Å². The first-order chi connectivity index (χ1) is 27.4. The van der Waals surface area contributed by atoms with Gasteiger partial charge in [0.25, 0.3) is 0 Å². The number of anilines is 1. The normalized spacial score (nSPS) is 22.3. The first kappa shape index (κ1) is 50.9. The van der Waals surface area contributed by atoms with Crippen molar-refractivity contribution in [1.29, 1.82) is 0 Å². The van der Waals surface area contributed by atoms with Crippen molar-refractivity contribution < 1.29 is 85.6 Å². The molecule has 29 heteroatoms. The molecule has 0 aliphatic carbocycles. The minimum absolute atomic E-state index is 0.00527. The Labute approximate surface area is 342 Å². The third kappa shape index (κ3) is 16.1. The van der Waals surface area contributed by atoms with E-state index in [0.29, 0.717) is 0 Å². The van der Waals surface area contributed by atoms with Gasteiger partial charge in [-0.3, -0.25) is 32.5 Å². The number of nitrogens with one attached hydrogen (secondary N) is 2. The minimum Gasteiger partial charge on any atom is -0.392 e. The third-order valence-electron chi connectivity index (χ3n) is 8.81. The Balaban J connectivity index is 1.45. The number of carbonyl (C=O) groups is 3. The number of nitrogens with two attached hydrogens (primary N) is 1. The standard InChI is InChI=1S/C30H52N7O18P3S/c1-5-6-7-17(2)18(38)12-21(40)59-11-10-32-20(39)8-9-33-28(43)25(42)30(3,4)14-52-58(49,50)55-57(47,48)51-13-19-24(54-56(44,45)46)23(41)29(53-19)37-16-36-22-26(31)34-15-35-27(22)37/h15-19,23-25,29,38,41-42H,5-14H2,1-4H3,(H,32,39)(H,33,43)(H,47,48)(H,49,50)(H2,31,34,35)(H2,44,45,46)/t17?,18?,19-,23-,24-,25+,29-/m1/s1. The second-order valence-electron chi connectivity index (χ2n) is 14.2. The van der Waals surface area contributed by atoms with Crippen LogP contribution in [0.5, 0.6) is 0 Å². The molecule has 3 heterocycles. The highest BCUT2D eigenvalue weighted by Crippen LogP contribution is 2.61. The first-order valence-electron chi connectivity index (χ1n) is 18.1. The Morgan fingerprint density at radius 3 is 2.39 bits per heavy atom. The zero-order valence-corrected chi connectivity index (χ0v) is 36.0. The van der Waals surface area contributed by atoms with Crippen LogP contribution in [0, 0.1) is 11.3 Å². The number of fused-ring (bicyclic) bond motifs is 1. The highest BCUT2D eigenvalue weighted by atomic mass is 32.2. The van der Waals surface area contributed by atoms with Crippen LogP contribution in [0.25, 0.3) is 11.2 Å². The number of carbonyl (C=O) groups excluding carboxylic acids is 3. The molecule has 11 N–H and O–H groups in total. The maximum Gasteiger partial charge on any atom is 0.481 e. The van der Waals surface area contributed by atoms with Crippen LogP contribution in [0.3, 0.4) is 0 Å². The van der Waals surface area contributed by atoms with Crippen molar-refractivity contribution in [3.8, 4) is 0 Å². The number of amides is 2. The number of ether oxygens (including phenoxy) is 1. The molecule has 1 aliphatic rings. The van der Waals surface area contributed by atoms with Gasteiger partial charge in [-0.15, -0.1) is 0 Å². The third-order valence-corrected chi connectivity index (χ3v) is 12.8. The summed E-state index contributed by atoms with van der Waals surface area (Å²) in [5.74, 6) is -1.24. The van der Waals surface area contributed by atoms with E-state index in [9.17, 15) is 63.0 Å². The van der Waals surface area contributed by atoms with Gasteiger partial charge in [0.15, 0.2) is 22.8 Å². The number of nitrogens with zero attached hydrogens (tertiary/aromatic N) is 4. The second-order valence-corrected chi connectivity index (χ2v) is 19.6. The maximum atomic E-state index is 12.7. The molecule has 4 unspecified atom stereocenters. The van der Waals surface area contributed by atoms with Gasteiger partial charge >= 0.3 is 23.5 Å². The number of nitrogen functional groups attached to an aromatic ring is 1. The summed E-state index contributed by atoms with van der Waals surface area (Å²) in [7, 11) is -16.4. The van der Waals surface area contributed by atoms with Gasteiger partial charge in [-0.05, 0) is 12.3 Å². The SMILES string of the molecule is CCCCC(C)C(O)CC(=O)SCCNC(=O)CCNC(=O)[C@H](O)C(C)(C)COP(=O)(O)OP(=O)(O)OC[C@H]1O[C@@H](n2cnc3c(N)ncnc32)[C@H](O)[C@@H]1OP(=O)(O)O. The number of imidazole rings is 1.